The number of nitriles is 1. The molecule has 0 amide bonds. The Morgan fingerprint density at radius 2 is 2.18 bits per heavy atom. The maximum atomic E-state index is 11.1. The van der Waals surface area contributed by atoms with Gasteiger partial charge < -0.3 is 10.1 Å². The number of ether oxygens (including phenoxy) is 1. The van der Waals surface area contributed by atoms with Crippen LogP contribution in [0.15, 0.2) is 0 Å². The van der Waals surface area contributed by atoms with Crippen LogP contribution in [0, 0.1) is 16.7 Å². The van der Waals surface area contributed by atoms with Crippen LogP contribution in [0.1, 0.15) is 46.5 Å². The molecule has 1 N–H and O–H groups in total. The van der Waals surface area contributed by atoms with Gasteiger partial charge in [0, 0.05) is 19.4 Å². The normalized spacial score (nSPS) is 10.9. The molecule has 17 heavy (non-hydrogen) atoms. The van der Waals surface area contributed by atoms with Crippen molar-refractivity contribution in [2.24, 2.45) is 5.41 Å². The predicted molar refractivity (Wildman–Crippen MR) is 67.4 cm³/mol. The van der Waals surface area contributed by atoms with Crippen molar-refractivity contribution in [2.75, 3.05) is 19.7 Å². The van der Waals surface area contributed by atoms with Crippen molar-refractivity contribution >= 4 is 5.97 Å². The lowest BCUT2D eigenvalue weighted by molar-refractivity contribution is -0.143. The summed E-state index contributed by atoms with van der Waals surface area (Å²) in [4.78, 5) is 11.1. The van der Waals surface area contributed by atoms with Crippen LogP contribution in [-0.4, -0.2) is 25.7 Å². The molecule has 4 nitrogen and oxygen atoms in total. The van der Waals surface area contributed by atoms with Crippen LogP contribution < -0.4 is 5.32 Å². The molecule has 0 aromatic heterocycles. The molecule has 0 unspecified atom stereocenters. The summed E-state index contributed by atoms with van der Waals surface area (Å²) in [6, 6.07) is 2.17. The van der Waals surface area contributed by atoms with Gasteiger partial charge in [-0.3, -0.25) is 4.79 Å². The number of hydrogen-bond donors (Lipinski definition) is 1. The van der Waals surface area contributed by atoms with E-state index in [1.54, 1.807) is 0 Å². The van der Waals surface area contributed by atoms with E-state index >= 15 is 0 Å². The second-order valence-electron chi connectivity index (χ2n) is 4.91. The van der Waals surface area contributed by atoms with Crippen molar-refractivity contribution in [2.45, 2.75) is 46.5 Å². The molecule has 0 heterocycles. The first-order chi connectivity index (χ1) is 8.02. The highest BCUT2D eigenvalue weighted by atomic mass is 16.5. The summed E-state index contributed by atoms with van der Waals surface area (Å²) in [5.74, 6) is -0.127. The molecular formula is C13H24N2O2. The monoisotopic (exact) mass is 240 g/mol. The Bertz CT molecular complexity index is 257. The predicted octanol–water partition coefficient (Wildman–Crippen LogP) is 2.25. The SMILES string of the molecule is CCOC(=O)CCCNCC(C)(C)CCC#N. The van der Waals surface area contributed by atoms with Gasteiger partial charge in [-0.25, -0.2) is 0 Å². The van der Waals surface area contributed by atoms with Crippen molar-refractivity contribution < 1.29 is 9.53 Å². The van der Waals surface area contributed by atoms with Gasteiger partial charge in [-0.05, 0) is 31.7 Å². The van der Waals surface area contributed by atoms with Crippen LogP contribution in [0.5, 0.6) is 0 Å². The Morgan fingerprint density at radius 3 is 2.76 bits per heavy atom. The molecule has 0 bridgehead atoms. The van der Waals surface area contributed by atoms with E-state index in [1.165, 1.54) is 0 Å². The van der Waals surface area contributed by atoms with Gasteiger partial charge in [0.05, 0.1) is 12.7 Å². The first-order valence-electron chi connectivity index (χ1n) is 6.25. The fraction of sp³-hybridized carbons (Fsp3) is 0.846. The lowest BCUT2D eigenvalue weighted by atomic mass is 9.88. The van der Waals surface area contributed by atoms with Crippen LogP contribution in [0.3, 0.4) is 0 Å². The number of nitrogens with one attached hydrogen (secondary N) is 1. The average molecular weight is 240 g/mol. The van der Waals surface area contributed by atoms with Crippen LogP contribution in [0.2, 0.25) is 0 Å². The Morgan fingerprint density at radius 1 is 1.47 bits per heavy atom. The number of carbonyl (C=O) groups is 1. The molecule has 4 heteroatoms. The second-order valence-corrected chi connectivity index (χ2v) is 4.91. The third kappa shape index (κ3) is 9.83. The molecule has 0 atom stereocenters. The number of nitrogens with zero attached hydrogens (tertiary/aromatic N) is 1. The maximum Gasteiger partial charge on any atom is 0.305 e. The van der Waals surface area contributed by atoms with Gasteiger partial charge in [0.15, 0.2) is 0 Å². The minimum absolute atomic E-state index is 0.127. The van der Waals surface area contributed by atoms with E-state index in [1.807, 2.05) is 6.92 Å². The molecule has 0 fully saturated rings. The smallest absolute Gasteiger partial charge is 0.305 e. The van der Waals surface area contributed by atoms with Crippen LogP contribution in [0.4, 0.5) is 0 Å². The van der Waals surface area contributed by atoms with Gasteiger partial charge in [0.1, 0.15) is 0 Å². The summed E-state index contributed by atoms with van der Waals surface area (Å²) in [6.45, 7) is 8.24. The summed E-state index contributed by atoms with van der Waals surface area (Å²) >= 11 is 0. The Labute approximate surface area is 104 Å². The zero-order valence-electron chi connectivity index (χ0n) is 11.2. The van der Waals surface area contributed by atoms with Gasteiger partial charge >= 0.3 is 5.97 Å². The third-order valence-electron chi connectivity index (χ3n) is 2.56. The minimum Gasteiger partial charge on any atom is -0.466 e. The average Bonchev–Trinajstić information content (AvgIpc) is 2.26. The highest BCUT2D eigenvalue weighted by Gasteiger charge is 2.16. The Hall–Kier alpha value is -1.08. The van der Waals surface area contributed by atoms with Crippen molar-refractivity contribution in [3.8, 4) is 6.07 Å². The first-order valence-corrected chi connectivity index (χ1v) is 6.25. The summed E-state index contributed by atoms with van der Waals surface area (Å²) in [6.07, 6.45) is 2.76. The standard InChI is InChI=1S/C13H24N2O2/c1-4-17-12(16)7-5-10-15-11-13(2,3)8-6-9-14/h15H,4-8,10-11H2,1-3H3. The van der Waals surface area contributed by atoms with Gasteiger partial charge in [-0.2, -0.15) is 5.26 Å². The largest absolute Gasteiger partial charge is 0.466 e. The molecular weight excluding hydrogens is 216 g/mol. The van der Waals surface area contributed by atoms with E-state index in [-0.39, 0.29) is 11.4 Å². The molecule has 98 valence electrons. The lowest BCUT2D eigenvalue weighted by Gasteiger charge is -2.23. The Kier molecular flexibility index (Phi) is 8.43. The molecule has 0 spiro atoms. The number of carbonyl (C=O) groups excluding carboxylic acids is 1. The van der Waals surface area contributed by atoms with Crippen molar-refractivity contribution in [3.05, 3.63) is 0 Å². The summed E-state index contributed by atoms with van der Waals surface area (Å²) < 4.78 is 4.84. The van der Waals surface area contributed by atoms with Crippen molar-refractivity contribution in [3.63, 3.8) is 0 Å². The minimum atomic E-state index is -0.127. The third-order valence-corrected chi connectivity index (χ3v) is 2.56. The summed E-state index contributed by atoms with van der Waals surface area (Å²) in [7, 11) is 0. The van der Waals surface area contributed by atoms with E-state index in [9.17, 15) is 4.79 Å². The molecule has 0 saturated heterocycles. The second kappa shape index (κ2) is 9.00. The molecule has 0 aromatic rings. The van der Waals surface area contributed by atoms with Gasteiger partial charge in [0.25, 0.3) is 0 Å². The molecule has 0 radical (unpaired) electrons. The quantitative estimate of drug-likeness (QED) is 0.496. The molecule has 0 saturated carbocycles. The summed E-state index contributed by atoms with van der Waals surface area (Å²) in [5, 5.41) is 11.8. The number of hydrogen-bond acceptors (Lipinski definition) is 4. The highest BCUT2D eigenvalue weighted by molar-refractivity contribution is 5.69. The number of rotatable bonds is 9. The van der Waals surface area contributed by atoms with E-state index in [4.69, 9.17) is 10.00 Å². The maximum absolute atomic E-state index is 11.1. The molecule has 0 rings (SSSR count). The molecule has 0 aromatic carbocycles. The van der Waals surface area contributed by atoms with E-state index < -0.39 is 0 Å². The molecule has 0 aliphatic heterocycles. The van der Waals surface area contributed by atoms with Crippen LogP contribution >= 0.6 is 0 Å². The zero-order chi connectivity index (χ0) is 13.1. The fourth-order valence-corrected chi connectivity index (χ4v) is 1.50. The highest BCUT2D eigenvalue weighted by Crippen LogP contribution is 2.20. The van der Waals surface area contributed by atoms with Crippen molar-refractivity contribution in [1.82, 2.24) is 5.32 Å². The molecule has 0 aliphatic rings. The van der Waals surface area contributed by atoms with Gasteiger partial charge in [-0.15, -0.1) is 0 Å². The fourth-order valence-electron chi connectivity index (χ4n) is 1.50. The molecule has 0 aliphatic carbocycles. The summed E-state index contributed by atoms with van der Waals surface area (Å²) in [5.41, 5.74) is 0.139. The topological polar surface area (TPSA) is 62.1 Å². The van der Waals surface area contributed by atoms with E-state index in [0.29, 0.717) is 19.4 Å². The van der Waals surface area contributed by atoms with Crippen molar-refractivity contribution in [1.29, 1.82) is 5.26 Å². The van der Waals surface area contributed by atoms with Crippen LogP contribution in [0.25, 0.3) is 0 Å². The lowest BCUT2D eigenvalue weighted by Crippen LogP contribution is -2.30. The van der Waals surface area contributed by atoms with E-state index in [0.717, 1.165) is 25.9 Å². The van der Waals surface area contributed by atoms with E-state index in [2.05, 4.69) is 25.2 Å². The van der Waals surface area contributed by atoms with Gasteiger partial charge in [0.2, 0.25) is 0 Å². The number of esters is 1. The first kappa shape index (κ1) is 15.9. The zero-order valence-corrected chi connectivity index (χ0v) is 11.2. The van der Waals surface area contributed by atoms with Crippen LogP contribution in [-0.2, 0) is 9.53 Å². The Balaban J connectivity index is 3.50. The van der Waals surface area contributed by atoms with Gasteiger partial charge in [-0.1, -0.05) is 13.8 Å².